The molecular weight excluding hydrogens is 398 g/mol. The van der Waals surface area contributed by atoms with Crippen molar-refractivity contribution in [3.05, 3.63) is 58.1 Å². The summed E-state index contributed by atoms with van der Waals surface area (Å²) in [4.78, 5) is 13.0. The Hall–Kier alpha value is -1.89. The van der Waals surface area contributed by atoms with Crippen LogP contribution in [0.2, 0.25) is 5.02 Å². The van der Waals surface area contributed by atoms with Crippen LogP contribution in [-0.4, -0.2) is 37.2 Å². The minimum atomic E-state index is -3.57. The summed E-state index contributed by atoms with van der Waals surface area (Å²) in [6.07, 6.45) is 1.20. The van der Waals surface area contributed by atoms with Crippen molar-refractivity contribution in [2.24, 2.45) is 0 Å². The zero-order valence-electron chi connectivity index (χ0n) is 15.9. The summed E-state index contributed by atoms with van der Waals surface area (Å²) in [6.45, 7) is 4.41. The zero-order valence-corrected chi connectivity index (χ0v) is 17.4. The van der Waals surface area contributed by atoms with Gasteiger partial charge in [0.15, 0.2) is 5.78 Å². The van der Waals surface area contributed by atoms with Crippen LogP contribution in [0.25, 0.3) is 0 Å². The molecule has 2 aliphatic rings. The molecule has 0 N–H and O–H groups in total. The molecule has 5 nitrogen and oxygen atoms in total. The molecule has 1 saturated heterocycles. The molecule has 0 amide bonds. The van der Waals surface area contributed by atoms with E-state index in [1.165, 1.54) is 4.31 Å². The Kier molecular flexibility index (Phi) is 4.76. The highest BCUT2D eigenvalue weighted by atomic mass is 35.5. The second-order valence-corrected chi connectivity index (χ2v) is 10.0. The molecule has 148 valence electrons. The molecule has 0 saturated carbocycles. The lowest BCUT2D eigenvalue weighted by atomic mass is 9.83. The lowest BCUT2D eigenvalue weighted by Crippen LogP contribution is -2.52. The van der Waals surface area contributed by atoms with Crippen molar-refractivity contribution < 1.29 is 17.9 Å². The Morgan fingerprint density at radius 1 is 1.07 bits per heavy atom. The second-order valence-electron chi connectivity index (χ2n) is 7.70. The molecule has 1 spiro atoms. The third-order valence-corrected chi connectivity index (χ3v) is 7.93. The van der Waals surface area contributed by atoms with Gasteiger partial charge in [0.1, 0.15) is 11.4 Å². The van der Waals surface area contributed by atoms with E-state index in [-0.39, 0.29) is 12.2 Å². The van der Waals surface area contributed by atoms with Crippen LogP contribution in [0.5, 0.6) is 5.75 Å². The summed E-state index contributed by atoms with van der Waals surface area (Å²) >= 11 is 5.99. The average Bonchev–Trinajstić information content (AvgIpc) is 2.62. The van der Waals surface area contributed by atoms with E-state index in [1.54, 1.807) is 24.3 Å². The molecule has 0 bridgehead atoms. The first-order chi connectivity index (χ1) is 13.2. The van der Waals surface area contributed by atoms with E-state index in [1.807, 2.05) is 26.0 Å². The summed E-state index contributed by atoms with van der Waals surface area (Å²) < 4.78 is 33.9. The van der Waals surface area contributed by atoms with Crippen molar-refractivity contribution in [2.75, 3.05) is 13.1 Å². The highest BCUT2D eigenvalue weighted by molar-refractivity contribution is 7.89. The Morgan fingerprint density at radius 3 is 2.46 bits per heavy atom. The van der Waals surface area contributed by atoms with Crippen LogP contribution in [-0.2, 0) is 10.0 Å². The molecule has 1 fully saturated rings. The van der Waals surface area contributed by atoms with E-state index >= 15 is 0 Å². The Morgan fingerprint density at radius 2 is 1.79 bits per heavy atom. The number of nitrogens with zero attached hydrogens (tertiary/aromatic N) is 1. The molecule has 0 unspecified atom stereocenters. The van der Waals surface area contributed by atoms with Gasteiger partial charge in [-0.1, -0.05) is 29.3 Å². The van der Waals surface area contributed by atoms with Gasteiger partial charge in [-0.2, -0.15) is 4.31 Å². The summed E-state index contributed by atoms with van der Waals surface area (Å²) in [7, 11) is -3.57. The number of ether oxygens (including phenoxy) is 1. The van der Waals surface area contributed by atoms with E-state index in [4.69, 9.17) is 16.3 Å². The number of ketones is 1. The number of Topliss-reactive ketones (excluding diaryl/α,β-unsaturated/α-hetero) is 1. The van der Waals surface area contributed by atoms with Gasteiger partial charge in [-0.3, -0.25) is 4.79 Å². The number of halogens is 1. The average molecular weight is 420 g/mol. The van der Waals surface area contributed by atoms with Gasteiger partial charge in [0.05, 0.1) is 16.9 Å². The summed E-state index contributed by atoms with van der Waals surface area (Å²) in [5.41, 5.74) is 1.63. The molecule has 0 radical (unpaired) electrons. The highest BCUT2D eigenvalue weighted by Crippen LogP contribution is 2.41. The van der Waals surface area contributed by atoms with Gasteiger partial charge in [0, 0.05) is 31.0 Å². The van der Waals surface area contributed by atoms with Crippen LogP contribution in [0.1, 0.15) is 40.7 Å². The smallest absolute Gasteiger partial charge is 0.243 e. The minimum absolute atomic E-state index is 0.00515. The van der Waals surface area contributed by atoms with E-state index in [9.17, 15) is 13.2 Å². The van der Waals surface area contributed by atoms with Crippen LogP contribution in [0.15, 0.2) is 41.3 Å². The normalized spacial score (nSPS) is 19.3. The standard InChI is InChI=1S/C21H22ClNO4S/c1-14-3-6-20(15(2)11-14)28(25,26)23-9-7-21(8-10-23)13-18(24)17-12-16(22)4-5-19(17)27-21/h3-6,11-12H,7-10,13H2,1-2H3. The van der Waals surface area contributed by atoms with Gasteiger partial charge in [0.2, 0.25) is 10.0 Å². The van der Waals surface area contributed by atoms with Gasteiger partial charge < -0.3 is 4.74 Å². The van der Waals surface area contributed by atoms with Crippen LogP contribution >= 0.6 is 11.6 Å². The Balaban J connectivity index is 1.55. The Labute approximate surface area is 170 Å². The van der Waals surface area contributed by atoms with E-state index in [0.29, 0.717) is 47.2 Å². The summed E-state index contributed by atoms with van der Waals surface area (Å²) in [5, 5.41) is 0.501. The fraction of sp³-hybridized carbons (Fsp3) is 0.381. The number of fused-ring (bicyclic) bond motifs is 1. The maximum atomic E-state index is 13.1. The molecule has 0 atom stereocenters. The molecular formula is C21H22ClNO4S. The van der Waals surface area contributed by atoms with Gasteiger partial charge in [-0.05, 0) is 43.7 Å². The molecule has 7 heteroatoms. The van der Waals surface area contributed by atoms with Crippen molar-refractivity contribution in [3.8, 4) is 5.75 Å². The largest absolute Gasteiger partial charge is 0.486 e. The summed E-state index contributed by atoms with van der Waals surface area (Å²) in [5.74, 6) is 0.528. The number of carbonyl (C=O) groups is 1. The topological polar surface area (TPSA) is 63.7 Å². The van der Waals surface area contributed by atoms with E-state index in [0.717, 1.165) is 11.1 Å². The van der Waals surface area contributed by atoms with Crippen molar-refractivity contribution in [3.63, 3.8) is 0 Å². The minimum Gasteiger partial charge on any atom is -0.486 e. The van der Waals surface area contributed by atoms with Crippen LogP contribution in [0.3, 0.4) is 0 Å². The van der Waals surface area contributed by atoms with Gasteiger partial charge >= 0.3 is 0 Å². The van der Waals surface area contributed by atoms with Gasteiger partial charge in [-0.25, -0.2) is 8.42 Å². The molecule has 4 rings (SSSR count). The molecule has 2 aromatic carbocycles. The number of piperidine rings is 1. The number of aryl methyl sites for hydroxylation is 2. The first kappa shape index (κ1) is 19.4. The maximum absolute atomic E-state index is 13.1. The molecule has 0 aromatic heterocycles. The fourth-order valence-corrected chi connectivity index (χ4v) is 5.93. The van der Waals surface area contributed by atoms with E-state index < -0.39 is 15.6 Å². The zero-order chi connectivity index (χ0) is 20.1. The van der Waals surface area contributed by atoms with Crippen LogP contribution in [0.4, 0.5) is 0 Å². The quantitative estimate of drug-likeness (QED) is 0.733. The molecule has 2 heterocycles. The van der Waals surface area contributed by atoms with Crippen molar-refractivity contribution in [1.29, 1.82) is 0 Å². The number of rotatable bonds is 2. The summed E-state index contributed by atoms with van der Waals surface area (Å²) in [6, 6.07) is 10.4. The predicted octanol–water partition coefficient (Wildman–Crippen LogP) is 4.15. The van der Waals surface area contributed by atoms with Crippen molar-refractivity contribution in [2.45, 2.75) is 43.6 Å². The first-order valence-corrected chi connectivity index (χ1v) is 11.1. The van der Waals surface area contributed by atoms with Gasteiger partial charge in [-0.15, -0.1) is 0 Å². The molecule has 2 aliphatic heterocycles. The molecule has 2 aromatic rings. The number of benzene rings is 2. The number of sulfonamides is 1. The third kappa shape index (κ3) is 3.34. The van der Waals surface area contributed by atoms with Crippen LogP contribution < -0.4 is 4.74 Å². The van der Waals surface area contributed by atoms with Crippen LogP contribution in [0, 0.1) is 13.8 Å². The third-order valence-electron chi connectivity index (χ3n) is 5.63. The first-order valence-electron chi connectivity index (χ1n) is 9.29. The van der Waals surface area contributed by atoms with Gasteiger partial charge in [0.25, 0.3) is 0 Å². The predicted molar refractivity (Wildman–Crippen MR) is 108 cm³/mol. The monoisotopic (exact) mass is 419 g/mol. The maximum Gasteiger partial charge on any atom is 0.243 e. The molecule has 28 heavy (non-hydrogen) atoms. The lowest BCUT2D eigenvalue weighted by Gasteiger charge is -2.43. The number of carbonyl (C=O) groups excluding carboxylic acids is 1. The SMILES string of the molecule is Cc1ccc(S(=O)(=O)N2CCC3(CC2)CC(=O)c2cc(Cl)ccc2O3)c(C)c1. The van der Waals surface area contributed by atoms with Crippen molar-refractivity contribution >= 4 is 27.4 Å². The highest BCUT2D eigenvalue weighted by Gasteiger charge is 2.45. The second kappa shape index (κ2) is 6.87. The lowest BCUT2D eigenvalue weighted by molar-refractivity contribution is 0.00591. The van der Waals surface area contributed by atoms with E-state index in [2.05, 4.69) is 0 Å². The number of hydrogen-bond acceptors (Lipinski definition) is 4. The fourth-order valence-electron chi connectivity index (χ4n) is 4.11. The molecule has 0 aliphatic carbocycles. The Bertz CT molecular complexity index is 1060. The number of hydrogen-bond donors (Lipinski definition) is 0. The van der Waals surface area contributed by atoms with Crippen molar-refractivity contribution in [1.82, 2.24) is 4.31 Å².